The first kappa shape index (κ1) is 10.2. The first-order chi connectivity index (χ1) is 7.15. The molecule has 0 aliphatic heterocycles. The smallest absolute Gasteiger partial charge is 0.160 e. The van der Waals surface area contributed by atoms with Gasteiger partial charge in [-0.2, -0.15) is 0 Å². The van der Waals surface area contributed by atoms with Gasteiger partial charge in [0.15, 0.2) is 5.82 Å². The van der Waals surface area contributed by atoms with Gasteiger partial charge in [-0.15, -0.1) is 0 Å². The molecule has 76 valence electrons. The molecular formula is C11H8BrFN2. The summed E-state index contributed by atoms with van der Waals surface area (Å²) < 4.78 is 13.7. The van der Waals surface area contributed by atoms with Gasteiger partial charge in [0.05, 0.1) is 0 Å². The van der Waals surface area contributed by atoms with Crippen molar-refractivity contribution >= 4 is 15.9 Å². The van der Waals surface area contributed by atoms with Crippen molar-refractivity contribution in [3.05, 3.63) is 46.4 Å². The van der Waals surface area contributed by atoms with Crippen molar-refractivity contribution in [2.24, 2.45) is 0 Å². The number of nitrogens with zero attached hydrogens (tertiary/aromatic N) is 2. The normalized spacial score (nSPS) is 10.3. The summed E-state index contributed by atoms with van der Waals surface area (Å²) in [6.45, 7) is 1.87. The molecule has 0 fully saturated rings. The molecule has 2 aromatic rings. The molecule has 1 heterocycles. The first-order valence-electron chi connectivity index (χ1n) is 4.42. The largest absolute Gasteiger partial charge is 0.233 e. The highest BCUT2D eigenvalue weighted by atomic mass is 79.9. The van der Waals surface area contributed by atoms with E-state index in [0.29, 0.717) is 16.0 Å². The molecule has 0 aliphatic carbocycles. The lowest BCUT2D eigenvalue weighted by Crippen LogP contribution is -1.92. The summed E-state index contributed by atoms with van der Waals surface area (Å²) in [6.07, 6.45) is 0. The highest BCUT2D eigenvalue weighted by molar-refractivity contribution is 9.10. The predicted octanol–water partition coefficient (Wildman–Crippen LogP) is 3.35. The Bertz CT molecular complexity index is 479. The van der Waals surface area contributed by atoms with Crippen LogP contribution in [-0.2, 0) is 0 Å². The standard InChI is InChI=1S/C11H8BrFN2/c1-7-5-10(12)15-11(14-7)8-3-2-4-9(13)6-8/h2-6H,1H3. The second-order valence-electron chi connectivity index (χ2n) is 3.17. The first-order valence-corrected chi connectivity index (χ1v) is 5.21. The van der Waals surface area contributed by atoms with Crippen LogP contribution in [0.25, 0.3) is 11.4 Å². The molecule has 2 nitrogen and oxygen atoms in total. The Morgan fingerprint density at radius 1 is 1.20 bits per heavy atom. The van der Waals surface area contributed by atoms with E-state index in [1.807, 2.05) is 13.0 Å². The number of halogens is 2. The lowest BCUT2D eigenvalue weighted by Gasteiger charge is -2.02. The minimum Gasteiger partial charge on any atom is -0.233 e. The quantitative estimate of drug-likeness (QED) is 0.740. The summed E-state index contributed by atoms with van der Waals surface area (Å²) in [7, 11) is 0. The molecule has 0 spiro atoms. The molecular weight excluding hydrogens is 259 g/mol. The maximum absolute atomic E-state index is 13.0. The summed E-state index contributed by atoms with van der Waals surface area (Å²) in [6, 6.07) is 8.05. The average Bonchev–Trinajstić information content (AvgIpc) is 2.16. The van der Waals surface area contributed by atoms with E-state index in [-0.39, 0.29) is 5.82 Å². The number of benzene rings is 1. The van der Waals surface area contributed by atoms with Crippen LogP contribution in [0.5, 0.6) is 0 Å². The summed E-state index contributed by atoms with van der Waals surface area (Å²) in [5.74, 6) is 0.245. The van der Waals surface area contributed by atoms with Gasteiger partial charge in [0, 0.05) is 11.3 Å². The Labute approximate surface area is 95.3 Å². The molecule has 0 saturated heterocycles. The van der Waals surface area contributed by atoms with Crippen LogP contribution in [-0.4, -0.2) is 9.97 Å². The molecule has 1 aromatic carbocycles. The van der Waals surface area contributed by atoms with Gasteiger partial charge in [-0.1, -0.05) is 12.1 Å². The highest BCUT2D eigenvalue weighted by Crippen LogP contribution is 2.18. The molecule has 15 heavy (non-hydrogen) atoms. The number of aromatic nitrogens is 2. The molecule has 0 aliphatic rings. The number of rotatable bonds is 1. The minimum absolute atomic E-state index is 0.284. The molecule has 0 saturated carbocycles. The molecule has 2 rings (SSSR count). The maximum atomic E-state index is 13.0. The van der Waals surface area contributed by atoms with E-state index >= 15 is 0 Å². The topological polar surface area (TPSA) is 25.8 Å². The van der Waals surface area contributed by atoms with Crippen LogP contribution in [0.1, 0.15) is 5.69 Å². The second-order valence-corrected chi connectivity index (χ2v) is 3.98. The lowest BCUT2D eigenvalue weighted by molar-refractivity contribution is 0.628. The van der Waals surface area contributed by atoms with Gasteiger partial charge in [-0.3, -0.25) is 0 Å². The highest BCUT2D eigenvalue weighted by Gasteiger charge is 2.04. The van der Waals surface area contributed by atoms with E-state index < -0.39 is 0 Å². The molecule has 0 radical (unpaired) electrons. The van der Waals surface area contributed by atoms with Crippen LogP contribution in [0.2, 0.25) is 0 Å². The predicted molar refractivity (Wildman–Crippen MR) is 59.9 cm³/mol. The van der Waals surface area contributed by atoms with Crippen molar-refractivity contribution in [2.75, 3.05) is 0 Å². The molecule has 4 heteroatoms. The number of hydrogen-bond donors (Lipinski definition) is 0. The van der Waals surface area contributed by atoms with Gasteiger partial charge in [-0.25, -0.2) is 14.4 Å². The lowest BCUT2D eigenvalue weighted by atomic mass is 10.2. The van der Waals surface area contributed by atoms with Crippen LogP contribution in [0, 0.1) is 12.7 Å². The Kier molecular flexibility index (Phi) is 2.77. The van der Waals surface area contributed by atoms with Crippen molar-refractivity contribution in [3.63, 3.8) is 0 Å². The van der Waals surface area contributed by atoms with Gasteiger partial charge in [0.25, 0.3) is 0 Å². The summed E-state index contributed by atoms with van der Waals surface area (Å²) in [5, 5.41) is 0. The SMILES string of the molecule is Cc1cc(Br)nc(-c2cccc(F)c2)n1. The third-order valence-corrected chi connectivity index (χ3v) is 2.31. The van der Waals surface area contributed by atoms with Crippen LogP contribution in [0.15, 0.2) is 34.9 Å². The van der Waals surface area contributed by atoms with E-state index in [2.05, 4.69) is 25.9 Å². The van der Waals surface area contributed by atoms with Crippen molar-refractivity contribution in [3.8, 4) is 11.4 Å². The zero-order valence-electron chi connectivity index (χ0n) is 8.04. The third kappa shape index (κ3) is 2.39. The summed E-state index contributed by atoms with van der Waals surface area (Å²) in [4.78, 5) is 8.42. The van der Waals surface area contributed by atoms with Crippen molar-refractivity contribution < 1.29 is 4.39 Å². The Morgan fingerprint density at radius 2 is 2.00 bits per heavy atom. The minimum atomic E-state index is -0.284. The van der Waals surface area contributed by atoms with Crippen LogP contribution >= 0.6 is 15.9 Å². The Balaban J connectivity index is 2.54. The fourth-order valence-corrected chi connectivity index (χ4v) is 1.79. The van der Waals surface area contributed by atoms with Gasteiger partial charge >= 0.3 is 0 Å². The van der Waals surface area contributed by atoms with E-state index in [4.69, 9.17) is 0 Å². The number of hydrogen-bond acceptors (Lipinski definition) is 2. The fourth-order valence-electron chi connectivity index (χ4n) is 1.29. The zero-order valence-corrected chi connectivity index (χ0v) is 9.62. The third-order valence-electron chi connectivity index (χ3n) is 1.91. The molecule has 0 bridgehead atoms. The Hall–Kier alpha value is -1.29. The van der Waals surface area contributed by atoms with Crippen LogP contribution < -0.4 is 0 Å². The van der Waals surface area contributed by atoms with Gasteiger partial charge in [0.2, 0.25) is 0 Å². The summed E-state index contributed by atoms with van der Waals surface area (Å²) in [5.41, 5.74) is 1.52. The van der Waals surface area contributed by atoms with Gasteiger partial charge in [0.1, 0.15) is 10.4 Å². The monoisotopic (exact) mass is 266 g/mol. The van der Waals surface area contributed by atoms with E-state index in [0.717, 1.165) is 5.69 Å². The van der Waals surface area contributed by atoms with E-state index in [1.165, 1.54) is 12.1 Å². The van der Waals surface area contributed by atoms with Crippen molar-refractivity contribution in [1.29, 1.82) is 0 Å². The summed E-state index contributed by atoms with van der Waals surface area (Å²) >= 11 is 3.28. The molecule has 0 atom stereocenters. The molecule has 0 amide bonds. The maximum Gasteiger partial charge on any atom is 0.160 e. The van der Waals surface area contributed by atoms with Crippen LogP contribution in [0.4, 0.5) is 4.39 Å². The van der Waals surface area contributed by atoms with Crippen molar-refractivity contribution in [2.45, 2.75) is 6.92 Å². The van der Waals surface area contributed by atoms with E-state index in [1.54, 1.807) is 12.1 Å². The number of aryl methyl sites for hydroxylation is 1. The Morgan fingerprint density at radius 3 is 2.67 bits per heavy atom. The van der Waals surface area contributed by atoms with Crippen molar-refractivity contribution in [1.82, 2.24) is 9.97 Å². The zero-order chi connectivity index (χ0) is 10.8. The molecule has 0 N–H and O–H groups in total. The van der Waals surface area contributed by atoms with Gasteiger partial charge in [-0.05, 0) is 41.1 Å². The molecule has 1 aromatic heterocycles. The average molecular weight is 267 g/mol. The second kappa shape index (κ2) is 4.06. The molecule has 0 unspecified atom stereocenters. The van der Waals surface area contributed by atoms with Crippen LogP contribution in [0.3, 0.4) is 0 Å². The van der Waals surface area contributed by atoms with E-state index in [9.17, 15) is 4.39 Å². The fraction of sp³-hybridized carbons (Fsp3) is 0.0909. The van der Waals surface area contributed by atoms with Gasteiger partial charge < -0.3 is 0 Å².